The second-order valence-corrected chi connectivity index (χ2v) is 4.76. The summed E-state index contributed by atoms with van der Waals surface area (Å²) in [5, 5.41) is 13.7. The summed E-state index contributed by atoms with van der Waals surface area (Å²) < 4.78 is 13.5. The molecule has 0 aromatic heterocycles. The van der Waals surface area contributed by atoms with Crippen LogP contribution in [-0.4, -0.2) is 11.9 Å². The van der Waals surface area contributed by atoms with Gasteiger partial charge in [-0.3, -0.25) is 4.79 Å². The number of carbonyl (C=O) groups is 2. The average Bonchev–Trinajstić information content (AvgIpc) is 2.49. The third-order valence-electron chi connectivity index (χ3n) is 2.78. The monoisotopic (exact) mass is 318 g/mol. The highest BCUT2D eigenvalue weighted by Crippen LogP contribution is 2.12. The first kappa shape index (κ1) is 15.7. The van der Waals surface area contributed by atoms with E-state index in [0.717, 1.165) is 6.08 Å². The topological polar surface area (TPSA) is 69.2 Å². The molecule has 6 heteroatoms. The van der Waals surface area contributed by atoms with Crippen LogP contribution in [0, 0.1) is 5.82 Å². The maximum absolute atomic E-state index is 13.5. The molecule has 1 N–H and O–H groups in total. The van der Waals surface area contributed by atoms with Gasteiger partial charge in [0.15, 0.2) is 0 Å². The molecule has 4 nitrogen and oxygen atoms in total. The predicted molar refractivity (Wildman–Crippen MR) is 78.3 cm³/mol. The Bertz CT molecular complexity index is 741. The third-order valence-corrected chi connectivity index (χ3v) is 3.03. The molecule has 0 saturated heterocycles. The van der Waals surface area contributed by atoms with Crippen molar-refractivity contribution in [3.05, 3.63) is 76.2 Å². The molecule has 0 spiro atoms. The van der Waals surface area contributed by atoms with Crippen molar-refractivity contribution in [2.45, 2.75) is 0 Å². The summed E-state index contributed by atoms with van der Waals surface area (Å²) >= 11 is 5.71. The number of nitrogens with one attached hydrogen (secondary N) is 1. The van der Waals surface area contributed by atoms with Crippen molar-refractivity contribution >= 4 is 29.6 Å². The average molecular weight is 319 g/mol. The standard InChI is InChI=1S/C16H11ClFNO3/c17-12-7-5-10(6-8-12)15(20)19-14(16(21)22)9-11-3-1-2-4-13(11)18/h1-9H,(H,19,20)(H,21,22)/p-1/b14-9+. The van der Waals surface area contributed by atoms with E-state index in [0.29, 0.717) is 5.02 Å². The van der Waals surface area contributed by atoms with Gasteiger partial charge in [-0.15, -0.1) is 0 Å². The van der Waals surface area contributed by atoms with Crippen molar-refractivity contribution in [1.82, 2.24) is 5.32 Å². The van der Waals surface area contributed by atoms with Crippen LogP contribution in [0.25, 0.3) is 6.08 Å². The first-order chi connectivity index (χ1) is 10.5. The molecule has 0 heterocycles. The molecule has 0 atom stereocenters. The molecule has 0 saturated carbocycles. The van der Waals surface area contributed by atoms with Crippen molar-refractivity contribution in [3.8, 4) is 0 Å². The second-order valence-electron chi connectivity index (χ2n) is 4.33. The predicted octanol–water partition coefficient (Wildman–Crippen LogP) is 2.00. The number of carboxylic acids is 1. The number of hydrogen-bond acceptors (Lipinski definition) is 3. The van der Waals surface area contributed by atoms with Crippen molar-refractivity contribution in [2.75, 3.05) is 0 Å². The van der Waals surface area contributed by atoms with Gasteiger partial charge in [0.25, 0.3) is 5.91 Å². The quantitative estimate of drug-likeness (QED) is 0.877. The molecule has 2 aromatic rings. The van der Waals surface area contributed by atoms with Gasteiger partial charge in [0.2, 0.25) is 0 Å². The molecule has 22 heavy (non-hydrogen) atoms. The summed E-state index contributed by atoms with van der Waals surface area (Å²) in [6.07, 6.45) is 0.998. The lowest BCUT2D eigenvalue weighted by molar-refractivity contribution is -0.299. The van der Waals surface area contributed by atoms with E-state index in [-0.39, 0.29) is 11.1 Å². The van der Waals surface area contributed by atoms with E-state index >= 15 is 0 Å². The van der Waals surface area contributed by atoms with Crippen molar-refractivity contribution < 1.29 is 19.1 Å². The molecule has 112 valence electrons. The number of carboxylic acid groups (broad SMARTS) is 1. The van der Waals surface area contributed by atoms with E-state index in [1.165, 1.54) is 42.5 Å². The minimum absolute atomic E-state index is 0.0260. The van der Waals surface area contributed by atoms with Gasteiger partial charge in [-0.25, -0.2) is 4.39 Å². The zero-order valence-electron chi connectivity index (χ0n) is 11.2. The normalized spacial score (nSPS) is 11.1. The lowest BCUT2D eigenvalue weighted by Gasteiger charge is -2.11. The number of hydrogen-bond donors (Lipinski definition) is 1. The summed E-state index contributed by atoms with van der Waals surface area (Å²) in [7, 11) is 0. The van der Waals surface area contributed by atoms with Crippen LogP contribution in [0.3, 0.4) is 0 Å². The van der Waals surface area contributed by atoms with E-state index in [1.54, 1.807) is 6.07 Å². The fourth-order valence-corrected chi connectivity index (χ4v) is 1.82. The number of aliphatic carboxylic acids is 1. The van der Waals surface area contributed by atoms with Gasteiger partial charge in [-0.2, -0.15) is 0 Å². The van der Waals surface area contributed by atoms with E-state index in [1.807, 2.05) is 0 Å². The van der Waals surface area contributed by atoms with Crippen LogP contribution >= 0.6 is 11.6 Å². The third kappa shape index (κ3) is 3.93. The van der Waals surface area contributed by atoms with Crippen LogP contribution in [0.4, 0.5) is 4.39 Å². The highest BCUT2D eigenvalue weighted by Gasteiger charge is 2.09. The van der Waals surface area contributed by atoms with Crippen molar-refractivity contribution in [3.63, 3.8) is 0 Å². The number of amides is 1. The largest absolute Gasteiger partial charge is 0.543 e. The molecular weight excluding hydrogens is 309 g/mol. The maximum Gasteiger partial charge on any atom is 0.255 e. The number of carbonyl (C=O) groups excluding carboxylic acids is 2. The van der Waals surface area contributed by atoms with Crippen LogP contribution in [-0.2, 0) is 4.79 Å². The number of benzene rings is 2. The smallest absolute Gasteiger partial charge is 0.255 e. The highest BCUT2D eigenvalue weighted by atomic mass is 35.5. The molecule has 0 aliphatic rings. The summed E-state index contributed by atoms with van der Waals surface area (Å²) in [5.74, 6) is -2.89. The van der Waals surface area contributed by atoms with E-state index < -0.39 is 23.4 Å². The lowest BCUT2D eigenvalue weighted by Crippen LogP contribution is -2.35. The second kappa shape index (κ2) is 6.87. The zero-order valence-corrected chi connectivity index (χ0v) is 11.9. The van der Waals surface area contributed by atoms with Crippen LogP contribution in [0.5, 0.6) is 0 Å². The van der Waals surface area contributed by atoms with Crippen LogP contribution in [0.1, 0.15) is 15.9 Å². The summed E-state index contributed by atoms with van der Waals surface area (Å²) in [6.45, 7) is 0. The Morgan fingerprint density at radius 1 is 1.09 bits per heavy atom. The Kier molecular flexibility index (Phi) is 4.91. The Hall–Kier alpha value is -2.66. The minimum Gasteiger partial charge on any atom is -0.543 e. The first-order valence-electron chi connectivity index (χ1n) is 6.22. The summed E-state index contributed by atoms with van der Waals surface area (Å²) in [6, 6.07) is 11.4. The Labute approximate surface area is 130 Å². The van der Waals surface area contributed by atoms with Crippen LogP contribution in [0.15, 0.2) is 54.2 Å². The number of halogens is 2. The van der Waals surface area contributed by atoms with Gasteiger partial charge >= 0.3 is 0 Å². The molecule has 2 rings (SSSR count). The van der Waals surface area contributed by atoms with Crippen molar-refractivity contribution in [1.29, 1.82) is 0 Å². The molecule has 0 aliphatic carbocycles. The van der Waals surface area contributed by atoms with Gasteiger partial charge in [0.1, 0.15) is 5.82 Å². The molecule has 0 bridgehead atoms. The summed E-state index contributed by atoms with van der Waals surface area (Å²) in [4.78, 5) is 23.1. The Morgan fingerprint density at radius 3 is 2.32 bits per heavy atom. The minimum atomic E-state index is -1.62. The molecule has 0 aliphatic heterocycles. The lowest BCUT2D eigenvalue weighted by atomic mass is 10.1. The highest BCUT2D eigenvalue weighted by molar-refractivity contribution is 6.30. The molecule has 1 amide bonds. The van der Waals surface area contributed by atoms with Crippen LogP contribution in [0.2, 0.25) is 5.02 Å². The molecule has 0 radical (unpaired) electrons. The molecular formula is C16H10ClFNO3-. The summed E-state index contributed by atoms with van der Waals surface area (Å²) in [5.41, 5.74) is -0.298. The molecule has 0 unspecified atom stereocenters. The fraction of sp³-hybridized carbons (Fsp3) is 0. The number of rotatable bonds is 4. The van der Waals surface area contributed by atoms with Gasteiger partial charge < -0.3 is 15.2 Å². The zero-order chi connectivity index (χ0) is 16.1. The molecule has 0 fully saturated rings. The van der Waals surface area contributed by atoms with Gasteiger partial charge in [0.05, 0.1) is 11.7 Å². The van der Waals surface area contributed by atoms with Crippen molar-refractivity contribution in [2.24, 2.45) is 0 Å². The van der Waals surface area contributed by atoms with E-state index in [4.69, 9.17) is 11.6 Å². The van der Waals surface area contributed by atoms with E-state index in [2.05, 4.69) is 5.32 Å². The molecule has 2 aromatic carbocycles. The Morgan fingerprint density at radius 2 is 1.73 bits per heavy atom. The maximum atomic E-state index is 13.5. The Balaban J connectivity index is 2.26. The van der Waals surface area contributed by atoms with Gasteiger partial charge in [-0.1, -0.05) is 29.8 Å². The van der Waals surface area contributed by atoms with Gasteiger partial charge in [-0.05, 0) is 36.4 Å². The van der Waals surface area contributed by atoms with E-state index in [9.17, 15) is 19.1 Å². The van der Waals surface area contributed by atoms with Crippen LogP contribution < -0.4 is 10.4 Å². The van der Waals surface area contributed by atoms with Gasteiger partial charge in [0, 0.05) is 16.1 Å². The first-order valence-corrected chi connectivity index (χ1v) is 6.59. The fourth-order valence-electron chi connectivity index (χ4n) is 1.69. The SMILES string of the molecule is O=C([O-])/C(=C\c1ccccc1F)NC(=O)c1ccc(Cl)cc1.